The van der Waals surface area contributed by atoms with Crippen LogP contribution in [0, 0.1) is 6.92 Å². The fourth-order valence-electron chi connectivity index (χ4n) is 3.25. The Labute approximate surface area is 179 Å². The highest BCUT2D eigenvalue weighted by molar-refractivity contribution is 6.07. The molecule has 0 saturated heterocycles. The average molecular weight is 414 g/mol. The second-order valence-corrected chi connectivity index (χ2v) is 6.92. The summed E-state index contributed by atoms with van der Waals surface area (Å²) in [7, 11) is 1.59. The highest BCUT2D eigenvalue weighted by Crippen LogP contribution is 2.31. The Morgan fingerprint density at radius 3 is 2.61 bits per heavy atom. The molecule has 0 aliphatic carbocycles. The van der Waals surface area contributed by atoms with E-state index in [1.54, 1.807) is 13.2 Å². The van der Waals surface area contributed by atoms with Crippen molar-refractivity contribution in [1.82, 2.24) is 15.4 Å². The summed E-state index contributed by atoms with van der Waals surface area (Å²) in [6.45, 7) is 1.98. The average Bonchev–Trinajstić information content (AvgIpc) is 2.79. The number of nitrogens with one attached hydrogen (secondary N) is 3. The minimum absolute atomic E-state index is 0.254. The van der Waals surface area contributed by atoms with Crippen molar-refractivity contribution in [2.24, 2.45) is 0 Å². The van der Waals surface area contributed by atoms with Crippen LogP contribution in [-0.2, 0) is 0 Å². The number of nitrogen functional groups attached to an aromatic ring is 1. The predicted molar refractivity (Wildman–Crippen MR) is 122 cm³/mol. The minimum Gasteiger partial charge on any atom is -0.495 e. The number of carbonyl (C=O) groups excluding carboxylic acids is 1. The lowest BCUT2D eigenvalue weighted by molar-refractivity contribution is 0.0964. The maximum atomic E-state index is 12.8. The standard InChI is InChI=1S/C23H22N6O2/c1-14-10-11-19(31-2)18(12-14)27-21-20(24)22(26-13-25-21)28-29-23(30)17-9-5-7-15-6-3-4-8-16(15)17/h3-13H,24H2,1-2H3,(H,29,30)(H2,25,26,27,28). The van der Waals surface area contributed by atoms with Crippen molar-refractivity contribution < 1.29 is 9.53 Å². The van der Waals surface area contributed by atoms with E-state index in [1.165, 1.54) is 6.33 Å². The van der Waals surface area contributed by atoms with Crippen molar-refractivity contribution in [3.63, 3.8) is 0 Å². The quantitative estimate of drug-likeness (QED) is 0.352. The summed E-state index contributed by atoms with van der Waals surface area (Å²) in [6, 6.07) is 19.0. The first-order chi connectivity index (χ1) is 15.1. The fourth-order valence-corrected chi connectivity index (χ4v) is 3.25. The summed E-state index contributed by atoms with van der Waals surface area (Å²) in [5, 5.41) is 5.00. The van der Waals surface area contributed by atoms with Gasteiger partial charge in [-0.2, -0.15) is 0 Å². The lowest BCUT2D eigenvalue weighted by Crippen LogP contribution is -2.30. The molecule has 156 valence electrons. The smallest absolute Gasteiger partial charge is 0.270 e. The van der Waals surface area contributed by atoms with E-state index in [0.717, 1.165) is 22.0 Å². The van der Waals surface area contributed by atoms with Crippen LogP contribution in [0.3, 0.4) is 0 Å². The third kappa shape index (κ3) is 4.18. The molecule has 0 spiro atoms. The topological polar surface area (TPSA) is 114 Å². The van der Waals surface area contributed by atoms with Gasteiger partial charge in [-0.3, -0.25) is 15.6 Å². The zero-order valence-corrected chi connectivity index (χ0v) is 17.1. The van der Waals surface area contributed by atoms with Gasteiger partial charge in [-0.05, 0) is 41.5 Å². The van der Waals surface area contributed by atoms with E-state index < -0.39 is 0 Å². The molecule has 0 aliphatic rings. The first-order valence-corrected chi connectivity index (χ1v) is 9.63. The number of benzene rings is 3. The van der Waals surface area contributed by atoms with Gasteiger partial charge < -0.3 is 15.8 Å². The number of hydrogen-bond acceptors (Lipinski definition) is 7. The maximum Gasteiger partial charge on any atom is 0.270 e. The van der Waals surface area contributed by atoms with Crippen molar-refractivity contribution in [3.05, 3.63) is 78.1 Å². The van der Waals surface area contributed by atoms with E-state index >= 15 is 0 Å². The van der Waals surface area contributed by atoms with Crippen LogP contribution >= 0.6 is 0 Å². The van der Waals surface area contributed by atoms with Crippen LogP contribution < -0.4 is 26.6 Å². The Bertz CT molecular complexity index is 1250. The maximum absolute atomic E-state index is 12.8. The Hall–Kier alpha value is -4.33. The Morgan fingerprint density at radius 1 is 1.00 bits per heavy atom. The van der Waals surface area contributed by atoms with E-state index in [4.69, 9.17) is 10.5 Å². The first-order valence-electron chi connectivity index (χ1n) is 9.63. The number of aryl methyl sites for hydroxylation is 1. The van der Waals surface area contributed by atoms with Gasteiger partial charge in [0.05, 0.1) is 12.8 Å². The van der Waals surface area contributed by atoms with Gasteiger partial charge in [-0.15, -0.1) is 0 Å². The molecule has 0 saturated carbocycles. The van der Waals surface area contributed by atoms with Crippen LogP contribution in [0.15, 0.2) is 67.0 Å². The highest BCUT2D eigenvalue weighted by atomic mass is 16.5. The van der Waals surface area contributed by atoms with E-state index in [9.17, 15) is 4.79 Å². The van der Waals surface area contributed by atoms with Crippen LogP contribution in [0.4, 0.5) is 23.0 Å². The summed E-state index contributed by atoms with van der Waals surface area (Å²) < 4.78 is 5.39. The highest BCUT2D eigenvalue weighted by Gasteiger charge is 2.13. The van der Waals surface area contributed by atoms with Gasteiger partial charge in [0, 0.05) is 5.56 Å². The molecule has 1 amide bonds. The second kappa shape index (κ2) is 8.58. The molecule has 0 aliphatic heterocycles. The van der Waals surface area contributed by atoms with Crippen molar-refractivity contribution in [2.45, 2.75) is 6.92 Å². The van der Waals surface area contributed by atoms with Gasteiger partial charge >= 0.3 is 0 Å². The number of aromatic nitrogens is 2. The van der Waals surface area contributed by atoms with E-state index in [0.29, 0.717) is 17.1 Å². The molecule has 0 radical (unpaired) electrons. The van der Waals surface area contributed by atoms with Gasteiger partial charge in [0.25, 0.3) is 5.91 Å². The second-order valence-electron chi connectivity index (χ2n) is 6.92. The van der Waals surface area contributed by atoms with Crippen molar-refractivity contribution in [1.29, 1.82) is 0 Å². The first kappa shape index (κ1) is 20.0. The summed E-state index contributed by atoms with van der Waals surface area (Å²) in [5.41, 5.74) is 14.3. The molecule has 3 aromatic carbocycles. The molecule has 0 atom stereocenters. The molecule has 31 heavy (non-hydrogen) atoms. The fraction of sp³-hybridized carbons (Fsp3) is 0.0870. The van der Waals surface area contributed by atoms with Crippen molar-refractivity contribution >= 4 is 39.7 Å². The largest absolute Gasteiger partial charge is 0.495 e. The SMILES string of the molecule is COc1ccc(C)cc1Nc1ncnc(NNC(=O)c2cccc3ccccc23)c1N. The van der Waals surface area contributed by atoms with E-state index in [2.05, 4.69) is 26.1 Å². The summed E-state index contributed by atoms with van der Waals surface area (Å²) in [4.78, 5) is 21.1. The number of amides is 1. The van der Waals surface area contributed by atoms with Crippen LogP contribution in [0.2, 0.25) is 0 Å². The Morgan fingerprint density at radius 2 is 1.77 bits per heavy atom. The number of fused-ring (bicyclic) bond motifs is 1. The molecule has 4 aromatic rings. The van der Waals surface area contributed by atoms with Crippen LogP contribution in [0.25, 0.3) is 10.8 Å². The number of rotatable bonds is 6. The molecule has 0 bridgehead atoms. The molecule has 1 heterocycles. The number of nitrogens with zero attached hydrogens (tertiary/aromatic N) is 2. The molecule has 0 unspecified atom stereocenters. The van der Waals surface area contributed by atoms with Crippen molar-refractivity contribution in [2.75, 3.05) is 23.6 Å². The predicted octanol–water partition coefficient (Wildman–Crippen LogP) is 4.03. The summed E-state index contributed by atoms with van der Waals surface area (Å²) in [5.74, 6) is 1.02. The number of ether oxygens (including phenoxy) is 1. The van der Waals surface area contributed by atoms with E-state index in [1.807, 2.05) is 61.5 Å². The number of carbonyl (C=O) groups is 1. The van der Waals surface area contributed by atoms with Crippen molar-refractivity contribution in [3.8, 4) is 5.75 Å². The molecule has 4 rings (SSSR count). The summed E-state index contributed by atoms with van der Waals surface area (Å²) in [6.07, 6.45) is 1.35. The third-order valence-corrected chi connectivity index (χ3v) is 4.82. The third-order valence-electron chi connectivity index (χ3n) is 4.82. The van der Waals surface area contributed by atoms with Gasteiger partial charge in [0.1, 0.15) is 17.8 Å². The zero-order valence-electron chi connectivity index (χ0n) is 17.1. The monoisotopic (exact) mass is 414 g/mol. The number of hydrazine groups is 1. The number of anilines is 4. The molecule has 5 N–H and O–H groups in total. The molecular weight excluding hydrogens is 392 g/mol. The number of nitrogens with two attached hydrogens (primary N) is 1. The molecule has 8 heteroatoms. The molecular formula is C23H22N6O2. The zero-order chi connectivity index (χ0) is 21.8. The summed E-state index contributed by atoms with van der Waals surface area (Å²) >= 11 is 0. The lowest BCUT2D eigenvalue weighted by Gasteiger charge is -2.15. The normalized spacial score (nSPS) is 10.5. The van der Waals surface area contributed by atoms with Gasteiger partial charge in [-0.1, -0.05) is 42.5 Å². The Balaban J connectivity index is 1.54. The number of methoxy groups -OCH3 is 1. The van der Waals surface area contributed by atoms with Crippen LogP contribution in [0.1, 0.15) is 15.9 Å². The van der Waals surface area contributed by atoms with Crippen LogP contribution in [0.5, 0.6) is 5.75 Å². The molecule has 0 fully saturated rings. The lowest BCUT2D eigenvalue weighted by atomic mass is 10.0. The molecule has 1 aromatic heterocycles. The Kier molecular flexibility index (Phi) is 5.53. The van der Waals surface area contributed by atoms with Gasteiger partial charge in [-0.25, -0.2) is 9.97 Å². The van der Waals surface area contributed by atoms with Crippen LogP contribution in [-0.4, -0.2) is 23.0 Å². The molecule has 8 nitrogen and oxygen atoms in total. The van der Waals surface area contributed by atoms with E-state index in [-0.39, 0.29) is 17.4 Å². The van der Waals surface area contributed by atoms with Gasteiger partial charge in [0.2, 0.25) is 0 Å². The number of hydrogen-bond donors (Lipinski definition) is 4. The van der Waals surface area contributed by atoms with Gasteiger partial charge in [0.15, 0.2) is 11.6 Å². The minimum atomic E-state index is -0.301.